The third kappa shape index (κ3) is 5.68. The fraction of sp³-hybridized carbons (Fsp3) is 0.400. The van der Waals surface area contributed by atoms with Crippen molar-refractivity contribution >= 4 is 28.8 Å². The largest absolute Gasteiger partial charge is 0.351 e. The number of amides is 2. The number of carbonyl (C=O) groups excluding carboxylic acids is 2. The fourth-order valence-electron chi connectivity index (χ4n) is 2.74. The standard InChI is InChI=1S/C20H27N3O2S/c1-14-7-5-8-15(2)19(14)22-18(24)13-23(4)16(3)20(25)21-11-10-17-9-6-12-26-17/h5-9,12,16H,10-11,13H2,1-4H3,(H,21,25)(H,22,24)/p+1/t16-/m0/s1. The van der Waals surface area contributed by atoms with E-state index in [4.69, 9.17) is 0 Å². The highest BCUT2D eigenvalue weighted by Crippen LogP contribution is 2.18. The van der Waals surface area contributed by atoms with Crippen LogP contribution in [-0.4, -0.2) is 38.0 Å². The number of benzene rings is 1. The molecule has 0 bridgehead atoms. The monoisotopic (exact) mass is 374 g/mol. The number of likely N-dealkylation sites (N-methyl/N-ethyl adjacent to an activating group) is 1. The molecule has 0 aliphatic carbocycles. The van der Waals surface area contributed by atoms with Crippen LogP contribution < -0.4 is 15.5 Å². The van der Waals surface area contributed by atoms with E-state index in [0.29, 0.717) is 6.54 Å². The average molecular weight is 375 g/mol. The smallest absolute Gasteiger partial charge is 0.279 e. The second-order valence-corrected chi connectivity index (χ2v) is 7.71. The van der Waals surface area contributed by atoms with Crippen LogP contribution in [0.2, 0.25) is 0 Å². The molecule has 0 saturated carbocycles. The molecule has 1 aromatic heterocycles. The predicted molar refractivity (Wildman–Crippen MR) is 107 cm³/mol. The summed E-state index contributed by atoms with van der Waals surface area (Å²) >= 11 is 1.69. The summed E-state index contributed by atoms with van der Waals surface area (Å²) in [4.78, 5) is 26.8. The number of para-hydroxylation sites is 1. The molecule has 26 heavy (non-hydrogen) atoms. The quantitative estimate of drug-likeness (QED) is 0.657. The van der Waals surface area contributed by atoms with Crippen LogP contribution in [0.1, 0.15) is 22.9 Å². The highest BCUT2D eigenvalue weighted by Gasteiger charge is 2.23. The van der Waals surface area contributed by atoms with Gasteiger partial charge in [-0.25, -0.2) is 0 Å². The third-order valence-corrected chi connectivity index (χ3v) is 5.50. The molecule has 2 aromatic rings. The van der Waals surface area contributed by atoms with Crippen molar-refractivity contribution in [1.29, 1.82) is 0 Å². The van der Waals surface area contributed by atoms with E-state index in [9.17, 15) is 9.59 Å². The average Bonchev–Trinajstić information content (AvgIpc) is 3.10. The maximum Gasteiger partial charge on any atom is 0.279 e. The van der Waals surface area contributed by atoms with Gasteiger partial charge in [0, 0.05) is 17.1 Å². The summed E-state index contributed by atoms with van der Waals surface area (Å²) in [6.07, 6.45) is 0.836. The van der Waals surface area contributed by atoms with Gasteiger partial charge in [-0.1, -0.05) is 24.3 Å². The zero-order chi connectivity index (χ0) is 19.1. The molecule has 6 heteroatoms. The fourth-order valence-corrected chi connectivity index (χ4v) is 3.45. The van der Waals surface area contributed by atoms with Crippen molar-refractivity contribution in [2.45, 2.75) is 33.2 Å². The van der Waals surface area contributed by atoms with Gasteiger partial charge in [-0.05, 0) is 49.8 Å². The van der Waals surface area contributed by atoms with Crippen LogP contribution >= 0.6 is 11.3 Å². The van der Waals surface area contributed by atoms with Gasteiger partial charge >= 0.3 is 0 Å². The van der Waals surface area contributed by atoms with Gasteiger partial charge in [0.2, 0.25) is 0 Å². The van der Waals surface area contributed by atoms with Crippen LogP contribution in [0.3, 0.4) is 0 Å². The zero-order valence-corrected chi connectivity index (χ0v) is 16.7. The molecule has 0 aliphatic heterocycles. The lowest BCUT2D eigenvalue weighted by Gasteiger charge is -2.21. The van der Waals surface area contributed by atoms with Gasteiger partial charge < -0.3 is 15.5 Å². The first-order valence-corrected chi connectivity index (χ1v) is 9.75. The minimum atomic E-state index is -0.290. The summed E-state index contributed by atoms with van der Waals surface area (Å²) in [7, 11) is 1.87. The summed E-state index contributed by atoms with van der Waals surface area (Å²) < 4.78 is 0. The van der Waals surface area contributed by atoms with Crippen molar-refractivity contribution < 1.29 is 14.5 Å². The second-order valence-electron chi connectivity index (χ2n) is 6.68. The molecule has 2 amide bonds. The Morgan fingerprint density at radius 1 is 1.15 bits per heavy atom. The number of thiophene rings is 1. The van der Waals surface area contributed by atoms with Crippen molar-refractivity contribution in [3.63, 3.8) is 0 Å². The molecular formula is C20H28N3O2S+. The molecule has 0 fully saturated rings. The first kappa shape index (κ1) is 20.1. The lowest BCUT2D eigenvalue weighted by Crippen LogP contribution is -3.15. The Hall–Kier alpha value is -2.18. The Labute approximate surface area is 159 Å². The Morgan fingerprint density at radius 3 is 2.46 bits per heavy atom. The molecule has 5 nitrogen and oxygen atoms in total. The lowest BCUT2D eigenvalue weighted by atomic mass is 10.1. The number of aryl methyl sites for hydroxylation is 2. The van der Waals surface area contributed by atoms with Crippen LogP contribution in [0, 0.1) is 13.8 Å². The topological polar surface area (TPSA) is 62.6 Å². The van der Waals surface area contributed by atoms with E-state index in [-0.39, 0.29) is 24.4 Å². The van der Waals surface area contributed by atoms with Crippen LogP contribution in [0.4, 0.5) is 5.69 Å². The molecule has 0 spiro atoms. The summed E-state index contributed by atoms with van der Waals surface area (Å²) in [5.74, 6) is -0.114. The van der Waals surface area contributed by atoms with Gasteiger partial charge in [0.1, 0.15) is 0 Å². The van der Waals surface area contributed by atoms with Crippen molar-refractivity contribution in [1.82, 2.24) is 5.32 Å². The first-order chi connectivity index (χ1) is 12.4. The maximum atomic E-state index is 12.4. The third-order valence-electron chi connectivity index (χ3n) is 4.57. The molecule has 1 unspecified atom stereocenters. The van der Waals surface area contributed by atoms with Crippen LogP contribution in [0.5, 0.6) is 0 Å². The van der Waals surface area contributed by atoms with Gasteiger partial charge in [0.05, 0.1) is 7.05 Å². The molecule has 1 heterocycles. The van der Waals surface area contributed by atoms with E-state index in [1.165, 1.54) is 4.88 Å². The molecule has 1 aromatic carbocycles. The number of hydrogen-bond acceptors (Lipinski definition) is 3. The number of rotatable bonds is 8. The van der Waals surface area contributed by atoms with E-state index in [2.05, 4.69) is 16.7 Å². The maximum absolute atomic E-state index is 12.4. The van der Waals surface area contributed by atoms with Crippen LogP contribution in [0.25, 0.3) is 0 Å². The van der Waals surface area contributed by atoms with Gasteiger partial charge in [-0.3, -0.25) is 9.59 Å². The van der Waals surface area contributed by atoms with E-state index in [0.717, 1.165) is 28.1 Å². The van der Waals surface area contributed by atoms with E-state index >= 15 is 0 Å². The molecule has 3 N–H and O–H groups in total. The number of carbonyl (C=O) groups is 2. The second kappa shape index (κ2) is 9.50. The zero-order valence-electron chi connectivity index (χ0n) is 15.9. The predicted octanol–water partition coefficient (Wildman–Crippen LogP) is 1.57. The summed E-state index contributed by atoms with van der Waals surface area (Å²) in [5, 5.41) is 7.97. The summed E-state index contributed by atoms with van der Waals surface area (Å²) in [5.41, 5.74) is 2.93. The molecule has 2 rings (SSSR count). The summed E-state index contributed by atoms with van der Waals surface area (Å²) in [6, 6.07) is 9.71. The Balaban J connectivity index is 1.80. The Bertz CT molecular complexity index is 723. The Kier molecular flexibility index (Phi) is 7.36. The lowest BCUT2D eigenvalue weighted by molar-refractivity contribution is -0.885. The van der Waals surface area contributed by atoms with E-state index in [1.54, 1.807) is 11.3 Å². The highest BCUT2D eigenvalue weighted by molar-refractivity contribution is 7.09. The van der Waals surface area contributed by atoms with Crippen molar-refractivity contribution in [2.24, 2.45) is 0 Å². The molecule has 0 radical (unpaired) electrons. The van der Waals surface area contributed by atoms with Gasteiger partial charge in [-0.2, -0.15) is 0 Å². The molecule has 140 valence electrons. The van der Waals surface area contributed by atoms with Crippen LogP contribution in [-0.2, 0) is 16.0 Å². The molecule has 0 saturated heterocycles. The number of quaternary nitrogens is 1. The molecule has 2 atom stereocenters. The molecule has 0 aliphatic rings. The minimum absolute atomic E-state index is 0.0288. The van der Waals surface area contributed by atoms with Crippen molar-refractivity contribution in [2.75, 3.05) is 25.5 Å². The van der Waals surface area contributed by atoms with E-state index in [1.807, 2.05) is 57.5 Å². The van der Waals surface area contributed by atoms with Crippen molar-refractivity contribution in [3.05, 3.63) is 51.7 Å². The highest BCUT2D eigenvalue weighted by atomic mass is 32.1. The number of anilines is 1. The van der Waals surface area contributed by atoms with Gasteiger partial charge in [0.15, 0.2) is 12.6 Å². The summed E-state index contributed by atoms with van der Waals surface area (Å²) in [6.45, 7) is 6.66. The van der Waals surface area contributed by atoms with Crippen molar-refractivity contribution in [3.8, 4) is 0 Å². The number of nitrogens with one attached hydrogen (secondary N) is 3. The normalized spacial score (nSPS) is 13.1. The first-order valence-electron chi connectivity index (χ1n) is 8.87. The SMILES string of the molecule is Cc1cccc(C)c1NC(=O)C[NH+](C)[C@@H](C)C(=O)NCCc1cccs1. The van der Waals surface area contributed by atoms with E-state index < -0.39 is 0 Å². The number of hydrogen-bond donors (Lipinski definition) is 3. The Morgan fingerprint density at radius 2 is 1.85 bits per heavy atom. The van der Waals surface area contributed by atoms with Gasteiger partial charge in [-0.15, -0.1) is 11.3 Å². The van der Waals surface area contributed by atoms with Crippen LogP contribution in [0.15, 0.2) is 35.7 Å². The van der Waals surface area contributed by atoms with Gasteiger partial charge in [0.25, 0.3) is 11.8 Å². The molecular weight excluding hydrogens is 346 g/mol. The minimum Gasteiger partial charge on any atom is -0.351 e.